The first-order chi connectivity index (χ1) is 15.9. The number of halogens is 3. The molecule has 3 aliphatic carbocycles. The Bertz CT molecular complexity index is 1010. The molecule has 0 atom stereocenters. The Morgan fingerprint density at radius 1 is 1.09 bits per heavy atom. The molecule has 1 heterocycles. The second kappa shape index (κ2) is 9.32. The van der Waals surface area contributed by atoms with Crippen molar-refractivity contribution in [2.75, 3.05) is 31.3 Å². The van der Waals surface area contributed by atoms with Crippen molar-refractivity contribution in [3.63, 3.8) is 0 Å². The van der Waals surface area contributed by atoms with Gasteiger partial charge >= 0.3 is 6.18 Å². The van der Waals surface area contributed by atoms with Gasteiger partial charge in [-0.15, -0.1) is 0 Å². The van der Waals surface area contributed by atoms with Crippen molar-refractivity contribution in [1.29, 1.82) is 0 Å². The Hall–Kier alpha value is -1.84. The Kier molecular flexibility index (Phi) is 6.92. The van der Waals surface area contributed by atoms with E-state index in [-0.39, 0.29) is 22.0 Å². The number of rotatable bonds is 9. The average molecular weight is 502 g/mol. The number of pyridine rings is 1. The Morgan fingerprint density at radius 3 is 2.24 bits per heavy atom. The number of aromatic nitrogens is 1. The molecular weight excluding hydrogens is 467 g/mol. The van der Waals surface area contributed by atoms with Gasteiger partial charge in [0.2, 0.25) is 0 Å². The molecule has 3 saturated carbocycles. The van der Waals surface area contributed by atoms with Crippen LogP contribution in [0.15, 0.2) is 12.1 Å². The molecule has 34 heavy (non-hydrogen) atoms. The van der Waals surface area contributed by atoms with Gasteiger partial charge in [0.1, 0.15) is 11.5 Å². The number of hydrogen-bond donors (Lipinski definition) is 1. The minimum Gasteiger partial charge on any atom is -0.362 e. The number of carbonyl (C=O) groups is 1. The fourth-order valence-corrected chi connectivity index (χ4v) is 7.40. The standard InChI is InChI=1S/C24H34F3N3O3S/c1-30(2)21-19(7-8-20(29-21)24(25,26)27)22(31)28-15-23(13-16-3-4-16)11-9-18(10-12-23)34(32,33)14-17-5-6-17/h7-8,16-18H,3-6,9-15H2,1-2H3,(H,28,31). The molecule has 4 rings (SSSR count). The van der Waals surface area contributed by atoms with E-state index in [4.69, 9.17) is 0 Å². The summed E-state index contributed by atoms with van der Waals surface area (Å²) in [6.45, 7) is 0.394. The Labute approximate surface area is 199 Å². The van der Waals surface area contributed by atoms with Gasteiger partial charge in [-0.25, -0.2) is 13.4 Å². The van der Waals surface area contributed by atoms with E-state index in [1.165, 1.54) is 11.0 Å². The molecule has 1 N–H and O–H groups in total. The van der Waals surface area contributed by atoms with E-state index in [9.17, 15) is 26.4 Å². The van der Waals surface area contributed by atoms with Crippen molar-refractivity contribution in [1.82, 2.24) is 10.3 Å². The van der Waals surface area contributed by atoms with Gasteiger partial charge in [0.15, 0.2) is 9.84 Å². The van der Waals surface area contributed by atoms with Gasteiger partial charge in [-0.1, -0.05) is 12.8 Å². The summed E-state index contributed by atoms with van der Waals surface area (Å²) < 4.78 is 64.8. The molecule has 0 aromatic carbocycles. The minimum absolute atomic E-state index is 0.0292. The third-order valence-corrected chi connectivity index (χ3v) is 9.97. The number of nitrogens with zero attached hydrogens (tertiary/aromatic N) is 2. The predicted octanol–water partition coefficient (Wildman–Crippen LogP) is 4.45. The van der Waals surface area contributed by atoms with Crippen LogP contribution >= 0.6 is 0 Å². The van der Waals surface area contributed by atoms with Gasteiger partial charge in [0.25, 0.3) is 5.91 Å². The first-order valence-electron chi connectivity index (χ1n) is 12.1. The van der Waals surface area contributed by atoms with Crippen LogP contribution in [0.5, 0.6) is 0 Å². The molecule has 0 aliphatic heterocycles. The summed E-state index contributed by atoms with van der Waals surface area (Å²) in [5, 5.41) is 2.66. The summed E-state index contributed by atoms with van der Waals surface area (Å²) in [5.41, 5.74) is -1.11. The quantitative estimate of drug-likeness (QED) is 0.541. The van der Waals surface area contributed by atoms with Gasteiger partial charge in [0.05, 0.1) is 16.6 Å². The van der Waals surface area contributed by atoms with Crippen LogP contribution < -0.4 is 10.2 Å². The molecule has 0 unspecified atom stereocenters. The maximum Gasteiger partial charge on any atom is 0.433 e. The highest BCUT2D eigenvalue weighted by Crippen LogP contribution is 2.49. The molecule has 10 heteroatoms. The molecule has 1 aromatic heterocycles. The van der Waals surface area contributed by atoms with Crippen LogP contribution in [0.3, 0.4) is 0 Å². The van der Waals surface area contributed by atoms with E-state index < -0.39 is 27.6 Å². The molecule has 3 aliphatic rings. The number of anilines is 1. The van der Waals surface area contributed by atoms with Crippen LogP contribution in [-0.4, -0.2) is 51.0 Å². The summed E-state index contributed by atoms with van der Waals surface area (Å²) in [6.07, 6.45) is 3.41. The minimum atomic E-state index is -4.59. The molecule has 3 fully saturated rings. The number of alkyl halides is 3. The summed E-state index contributed by atoms with van der Waals surface area (Å²) in [5.74, 6) is 0.771. The van der Waals surface area contributed by atoms with Crippen molar-refractivity contribution in [3.8, 4) is 0 Å². The zero-order valence-electron chi connectivity index (χ0n) is 19.8. The van der Waals surface area contributed by atoms with Gasteiger partial charge in [0, 0.05) is 20.6 Å². The maximum absolute atomic E-state index is 13.1. The van der Waals surface area contributed by atoms with Gasteiger partial charge in [-0.05, 0) is 74.3 Å². The number of nitrogens with one attached hydrogen (secondary N) is 1. The summed E-state index contributed by atoms with van der Waals surface area (Å²) in [4.78, 5) is 18.1. The van der Waals surface area contributed by atoms with E-state index in [1.54, 1.807) is 14.1 Å². The molecule has 0 spiro atoms. The summed E-state index contributed by atoms with van der Waals surface area (Å²) in [6, 6.07) is 2.01. The van der Waals surface area contributed by atoms with Crippen molar-refractivity contribution in [2.24, 2.45) is 17.3 Å². The highest BCUT2D eigenvalue weighted by Gasteiger charge is 2.44. The highest BCUT2D eigenvalue weighted by atomic mass is 32.2. The van der Waals surface area contributed by atoms with Crippen molar-refractivity contribution in [2.45, 2.75) is 69.2 Å². The fraction of sp³-hybridized carbons (Fsp3) is 0.750. The van der Waals surface area contributed by atoms with Crippen molar-refractivity contribution >= 4 is 21.6 Å². The number of carbonyl (C=O) groups excluding carboxylic acids is 1. The smallest absolute Gasteiger partial charge is 0.362 e. The SMILES string of the molecule is CN(C)c1nc(C(F)(F)F)ccc1C(=O)NCC1(CC2CC2)CCC(S(=O)(=O)CC2CC2)CC1. The largest absolute Gasteiger partial charge is 0.433 e. The van der Waals surface area contributed by atoms with E-state index in [2.05, 4.69) is 10.3 Å². The van der Waals surface area contributed by atoms with E-state index in [1.807, 2.05) is 0 Å². The van der Waals surface area contributed by atoms with Gasteiger partial charge < -0.3 is 10.2 Å². The van der Waals surface area contributed by atoms with Crippen LogP contribution in [0.25, 0.3) is 0 Å². The second-order valence-corrected chi connectivity index (χ2v) is 13.1. The average Bonchev–Trinajstić information content (AvgIpc) is 3.69. The molecular formula is C24H34F3N3O3S. The zero-order valence-corrected chi connectivity index (χ0v) is 20.6. The molecule has 1 amide bonds. The second-order valence-electron chi connectivity index (χ2n) is 10.8. The first kappa shape index (κ1) is 25.3. The summed E-state index contributed by atoms with van der Waals surface area (Å²) >= 11 is 0. The zero-order chi connectivity index (χ0) is 24.7. The monoisotopic (exact) mass is 501 g/mol. The van der Waals surface area contributed by atoms with Gasteiger partial charge in [-0.2, -0.15) is 13.2 Å². The number of amides is 1. The van der Waals surface area contributed by atoms with E-state index in [0.717, 1.165) is 51.0 Å². The number of hydrogen-bond acceptors (Lipinski definition) is 5. The van der Waals surface area contributed by atoms with Crippen LogP contribution in [0, 0.1) is 17.3 Å². The third-order valence-electron chi connectivity index (χ3n) is 7.54. The van der Waals surface area contributed by atoms with E-state index >= 15 is 0 Å². The highest BCUT2D eigenvalue weighted by molar-refractivity contribution is 7.92. The lowest BCUT2D eigenvalue weighted by Crippen LogP contribution is -2.43. The molecule has 190 valence electrons. The predicted molar refractivity (Wildman–Crippen MR) is 124 cm³/mol. The lowest BCUT2D eigenvalue weighted by molar-refractivity contribution is -0.141. The van der Waals surface area contributed by atoms with Crippen LogP contribution in [0.4, 0.5) is 19.0 Å². The van der Waals surface area contributed by atoms with Crippen LogP contribution in [0.1, 0.15) is 73.8 Å². The van der Waals surface area contributed by atoms with Crippen LogP contribution in [0.2, 0.25) is 0 Å². The van der Waals surface area contributed by atoms with Crippen molar-refractivity contribution in [3.05, 3.63) is 23.4 Å². The maximum atomic E-state index is 13.1. The normalized spacial score (nSPS) is 25.7. The summed E-state index contributed by atoms with van der Waals surface area (Å²) in [7, 11) is 0.0238. The lowest BCUT2D eigenvalue weighted by Gasteiger charge is -2.40. The lowest BCUT2D eigenvalue weighted by atomic mass is 9.70. The Morgan fingerprint density at radius 2 is 1.71 bits per heavy atom. The Balaban J connectivity index is 1.44. The van der Waals surface area contributed by atoms with Gasteiger partial charge in [-0.3, -0.25) is 4.79 Å². The van der Waals surface area contributed by atoms with Crippen LogP contribution in [-0.2, 0) is 16.0 Å². The molecule has 0 radical (unpaired) electrons. The topological polar surface area (TPSA) is 79.4 Å². The fourth-order valence-electron chi connectivity index (χ4n) is 5.19. The number of sulfone groups is 1. The molecule has 1 aromatic rings. The van der Waals surface area contributed by atoms with Crippen molar-refractivity contribution < 1.29 is 26.4 Å². The molecule has 0 saturated heterocycles. The molecule has 6 nitrogen and oxygen atoms in total. The molecule has 0 bridgehead atoms. The van der Waals surface area contributed by atoms with E-state index in [0.29, 0.717) is 37.0 Å². The first-order valence-corrected chi connectivity index (χ1v) is 13.9. The third kappa shape index (κ3) is 6.04.